The quantitative estimate of drug-likeness (QED) is 0.812. The third-order valence-electron chi connectivity index (χ3n) is 5.83. The highest BCUT2D eigenvalue weighted by Crippen LogP contribution is 2.43. The molecule has 0 N–H and O–H groups in total. The van der Waals surface area contributed by atoms with E-state index in [1.54, 1.807) is 7.11 Å². The van der Waals surface area contributed by atoms with E-state index in [0.29, 0.717) is 38.6 Å². The number of hydrogen-bond acceptors (Lipinski definition) is 4. The molecular weight excluding hydrogens is 342 g/mol. The highest BCUT2D eigenvalue weighted by atomic mass is 16.6. The van der Waals surface area contributed by atoms with Crippen molar-refractivity contribution in [2.24, 2.45) is 0 Å². The molecule has 2 saturated heterocycles. The first-order valence-corrected chi connectivity index (χ1v) is 9.59. The number of likely N-dealkylation sites (tertiary alicyclic amines) is 1. The number of amides is 1. The minimum atomic E-state index is -0.396. The third-order valence-corrected chi connectivity index (χ3v) is 5.83. The van der Waals surface area contributed by atoms with Crippen molar-refractivity contribution in [1.29, 1.82) is 0 Å². The third kappa shape index (κ3) is 3.64. The molecule has 0 aliphatic carbocycles. The molecule has 2 fully saturated rings. The first-order valence-electron chi connectivity index (χ1n) is 9.59. The van der Waals surface area contributed by atoms with Gasteiger partial charge in [0.2, 0.25) is 5.91 Å². The van der Waals surface area contributed by atoms with E-state index in [-0.39, 0.29) is 12.0 Å². The summed E-state index contributed by atoms with van der Waals surface area (Å²) in [4.78, 5) is 14.7. The zero-order chi connectivity index (χ0) is 18.9. The van der Waals surface area contributed by atoms with Gasteiger partial charge in [0.25, 0.3) is 0 Å². The van der Waals surface area contributed by atoms with Crippen molar-refractivity contribution >= 4 is 5.91 Å². The fourth-order valence-corrected chi connectivity index (χ4v) is 4.37. The monoisotopic (exact) mass is 369 g/mol. The van der Waals surface area contributed by atoms with Crippen LogP contribution >= 0.6 is 0 Å². The molecule has 3 atom stereocenters. The Labute approximate surface area is 160 Å². The number of aromatic nitrogens is 2. The maximum Gasteiger partial charge on any atom is 0.224 e. The molecule has 1 aromatic carbocycles. The molecule has 0 unspecified atom stereocenters. The summed E-state index contributed by atoms with van der Waals surface area (Å²) in [6.45, 7) is 4.42. The standard InChI is InChI=1S/C21H27N3O3/c1-16-8-10-24(22-16)11-9-20(25)23-13-19(26-2)21(15-23)12-18(14-27-21)17-6-4-3-5-7-17/h3-8,10,18-19H,9,11-15H2,1-2H3/t18-,19-,21-/m1/s1. The number of nitrogens with zero attached hydrogens (tertiary/aromatic N) is 3. The number of carbonyl (C=O) groups excluding carboxylic acids is 1. The predicted molar refractivity (Wildman–Crippen MR) is 101 cm³/mol. The van der Waals surface area contributed by atoms with Gasteiger partial charge in [-0.3, -0.25) is 9.48 Å². The molecule has 3 heterocycles. The number of methoxy groups -OCH3 is 1. The normalized spacial score (nSPS) is 27.6. The maximum absolute atomic E-state index is 12.8. The maximum atomic E-state index is 12.8. The summed E-state index contributed by atoms with van der Waals surface area (Å²) in [5.41, 5.74) is 1.86. The van der Waals surface area contributed by atoms with Gasteiger partial charge in [-0.15, -0.1) is 0 Å². The molecule has 0 saturated carbocycles. The van der Waals surface area contributed by atoms with Gasteiger partial charge in [-0.05, 0) is 25.0 Å². The highest BCUT2D eigenvalue weighted by Gasteiger charge is 2.53. The molecule has 1 aromatic heterocycles. The number of ether oxygens (including phenoxy) is 2. The van der Waals surface area contributed by atoms with Crippen molar-refractivity contribution < 1.29 is 14.3 Å². The van der Waals surface area contributed by atoms with Gasteiger partial charge in [0.05, 0.1) is 18.8 Å². The molecule has 2 aliphatic heterocycles. The summed E-state index contributed by atoms with van der Waals surface area (Å²) >= 11 is 0. The number of benzene rings is 1. The summed E-state index contributed by atoms with van der Waals surface area (Å²) in [6, 6.07) is 12.4. The van der Waals surface area contributed by atoms with Crippen LogP contribution in [0.25, 0.3) is 0 Å². The van der Waals surface area contributed by atoms with Crippen molar-refractivity contribution in [2.45, 2.75) is 43.9 Å². The minimum absolute atomic E-state index is 0.0814. The second kappa shape index (κ2) is 7.44. The van der Waals surface area contributed by atoms with Crippen LogP contribution in [0.2, 0.25) is 0 Å². The smallest absolute Gasteiger partial charge is 0.224 e. The number of hydrogen-bond donors (Lipinski definition) is 0. The van der Waals surface area contributed by atoms with Gasteiger partial charge in [-0.2, -0.15) is 5.10 Å². The van der Waals surface area contributed by atoms with Crippen LogP contribution in [0, 0.1) is 6.92 Å². The molecular formula is C21H27N3O3. The largest absolute Gasteiger partial charge is 0.377 e. The summed E-state index contributed by atoms with van der Waals surface area (Å²) < 4.78 is 13.8. The Hall–Kier alpha value is -2.18. The van der Waals surface area contributed by atoms with Crippen LogP contribution in [0.4, 0.5) is 0 Å². The van der Waals surface area contributed by atoms with Crippen molar-refractivity contribution in [1.82, 2.24) is 14.7 Å². The summed E-state index contributed by atoms with van der Waals surface area (Å²) in [5, 5.41) is 4.35. The summed E-state index contributed by atoms with van der Waals surface area (Å²) in [6.07, 6.45) is 3.16. The molecule has 27 heavy (non-hydrogen) atoms. The Bertz CT molecular complexity index is 791. The second-order valence-electron chi connectivity index (χ2n) is 7.66. The van der Waals surface area contributed by atoms with Gasteiger partial charge < -0.3 is 14.4 Å². The molecule has 6 nitrogen and oxygen atoms in total. The Morgan fingerprint density at radius 1 is 1.33 bits per heavy atom. The van der Waals surface area contributed by atoms with E-state index in [9.17, 15) is 4.79 Å². The van der Waals surface area contributed by atoms with Gasteiger partial charge in [-0.25, -0.2) is 0 Å². The van der Waals surface area contributed by atoms with Gasteiger partial charge in [0.15, 0.2) is 0 Å². The molecule has 2 aromatic rings. The van der Waals surface area contributed by atoms with E-state index in [1.807, 2.05) is 34.8 Å². The summed E-state index contributed by atoms with van der Waals surface area (Å²) in [7, 11) is 1.71. The molecule has 144 valence electrons. The topological polar surface area (TPSA) is 56.6 Å². The SMILES string of the molecule is CO[C@@H]1CN(C(=O)CCn2ccc(C)n2)C[C@]12C[C@@H](c1ccccc1)CO2. The lowest BCUT2D eigenvalue weighted by atomic mass is 9.87. The van der Waals surface area contributed by atoms with Gasteiger partial charge in [0, 0.05) is 38.7 Å². The molecule has 0 bridgehead atoms. The van der Waals surface area contributed by atoms with Crippen LogP contribution in [0.15, 0.2) is 42.6 Å². The van der Waals surface area contributed by atoms with Crippen molar-refractivity contribution in [2.75, 3.05) is 26.8 Å². The Balaban J connectivity index is 1.40. The van der Waals surface area contributed by atoms with Crippen molar-refractivity contribution in [3.63, 3.8) is 0 Å². The molecule has 6 heteroatoms. The van der Waals surface area contributed by atoms with E-state index in [0.717, 1.165) is 12.1 Å². The van der Waals surface area contributed by atoms with Crippen LogP contribution in [0.3, 0.4) is 0 Å². The van der Waals surface area contributed by atoms with Crippen LogP contribution in [-0.2, 0) is 20.8 Å². The zero-order valence-electron chi connectivity index (χ0n) is 16.0. The van der Waals surface area contributed by atoms with Crippen molar-refractivity contribution in [3.05, 3.63) is 53.9 Å². The van der Waals surface area contributed by atoms with Gasteiger partial charge >= 0.3 is 0 Å². The first kappa shape index (κ1) is 18.2. The van der Waals surface area contributed by atoms with Crippen LogP contribution < -0.4 is 0 Å². The predicted octanol–water partition coefficient (Wildman–Crippen LogP) is 2.38. The molecule has 1 amide bonds. The van der Waals surface area contributed by atoms with Gasteiger partial charge in [0.1, 0.15) is 11.7 Å². The highest BCUT2D eigenvalue weighted by molar-refractivity contribution is 5.76. The fraction of sp³-hybridized carbons (Fsp3) is 0.524. The fourth-order valence-electron chi connectivity index (χ4n) is 4.37. The van der Waals surface area contributed by atoms with E-state index in [4.69, 9.17) is 9.47 Å². The Morgan fingerprint density at radius 3 is 2.85 bits per heavy atom. The summed E-state index contributed by atoms with van der Waals surface area (Å²) in [5.74, 6) is 0.486. The number of aryl methyl sites for hydroxylation is 2. The average Bonchev–Trinajstić information content (AvgIpc) is 3.40. The van der Waals surface area contributed by atoms with E-state index in [2.05, 4.69) is 29.4 Å². The van der Waals surface area contributed by atoms with Crippen LogP contribution in [-0.4, -0.2) is 59.1 Å². The number of carbonyl (C=O) groups is 1. The Kier molecular flexibility index (Phi) is 5.02. The molecule has 0 radical (unpaired) electrons. The van der Waals surface area contributed by atoms with E-state index >= 15 is 0 Å². The van der Waals surface area contributed by atoms with Crippen LogP contribution in [0.1, 0.15) is 30.0 Å². The minimum Gasteiger partial charge on any atom is -0.377 e. The van der Waals surface area contributed by atoms with Crippen LogP contribution in [0.5, 0.6) is 0 Å². The lowest BCUT2D eigenvalue weighted by Gasteiger charge is -2.28. The lowest BCUT2D eigenvalue weighted by molar-refractivity contribution is -0.131. The van der Waals surface area contributed by atoms with Gasteiger partial charge in [-0.1, -0.05) is 30.3 Å². The average molecular weight is 369 g/mol. The molecule has 2 aliphatic rings. The molecule has 4 rings (SSSR count). The second-order valence-corrected chi connectivity index (χ2v) is 7.66. The Morgan fingerprint density at radius 2 is 2.15 bits per heavy atom. The van der Waals surface area contributed by atoms with Crippen molar-refractivity contribution in [3.8, 4) is 0 Å². The first-order chi connectivity index (χ1) is 13.1. The van der Waals surface area contributed by atoms with E-state index < -0.39 is 5.60 Å². The van der Waals surface area contributed by atoms with E-state index in [1.165, 1.54) is 5.56 Å². The zero-order valence-corrected chi connectivity index (χ0v) is 16.0. The lowest BCUT2D eigenvalue weighted by Crippen LogP contribution is -2.42. The number of rotatable bonds is 5. The molecule has 1 spiro atoms.